The van der Waals surface area contributed by atoms with Gasteiger partial charge in [0.2, 0.25) is 0 Å². The van der Waals surface area contributed by atoms with Crippen molar-refractivity contribution in [3.8, 4) is 17.0 Å². The first-order chi connectivity index (χ1) is 14.7. The fourth-order valence-corrected chi connectivity index (χ4v) is 4.47. The number of aromatic nitrogens is 2. The van der Waals surface area contributed by atoms with E-state index in [1.807, 2.05) is 29.2 Å². The van der Waals surface area contributed by atoms with Gasteiger partial charge in [0.05, 0.1) is 18.8 Å². The van der Waals surface area contributed by atoms with Crippen molar-refractivity contribution in [3.05, 3.63) is 65.4 Å². The third-order valence-corrected chi connectivity index (χ3v) is 6.40. The Morgan fingerprint density at radius 3 is 2.47 bits per heavy atom. The molecule has 0 spiro atoms. The lowest BCUT2D eigenvalue weighted by molar-refractivity contribution is 0.0740. The third-order valence-electron chi connectivity index (χ3n) is 5.66. The predicted octanol–water partition coefficient (Wildman–Crippen LogP) is 5.54. The molecule has 1 N–H and O–H groups in total. The average molecular weight is 422 g/mol. The van der Waals surface area contributed by atoms with Crippen LogP contribution in [-0.2, 0) is 0 Å². The Balaban J connectivity index is 1.78. The number of H-pyrrole nitrogens is 1. The SMILES string of the molecule is CCCCCN1C(=O)c2[nH]nc(-c3ccc(OC)cc3)c2C1c1ccc(SC)cc1. The first-order valence-corrected chi connectivity index (χ1v) is 11.6. The molecule has 1 aliphatic heterocycles. The van der Waals surface area contributed by atoms with Crippen molar-refractivity contribution in [2.75, 3.05) is 19.9 Å². The van der Waals surface area contributed by atoms with Crippen LogP contribution in [0, 0.1) is 0 Å². The van der Waals surface area contributed by atoms with Gasteiger partial charge in [-0.1, -0.05) is 31.9 Å². The summed E-state index contributed by atoms with van der Waals surface area (Å²) in [6.07, 6.45) is 5.30. The van der Waals surface area contributed by atoms with E-state index in [-0.39, 0.29) is 11.9 Å². The normalized spacial score (nSPS) is 15.5. The number of benzene rings is 2. The van der Waals surface area contributed by atoms with Crippen LogP contribution in [-0.4, -0.2) is 40.9 Å². The summed E-state index contributed by atoms with van der Waals surface area (Å²) in [6.45, 7) is 2.92. The molecule has 1 amide bonds. The summed E-state index contributed by atoms with van der Waals surface area (Å²) in [4.78, 5) is 16.5. The zero-order valence-corrected chi connectivity index (χ0v) is 18.5. The summed E-state index contributed by atoms with van der Waals surface area (Å²) < 4.78 is 5.29. The van der Waals surface area contributed by atoms with E-state index >= 15 is 0 Å². The predicted molar refractivity (Wildman–Crippen MR) is 121 cm³/mol. The Morgan fingerprint density at radius 2 is 1.83 bits per heavy atom. The number of thioether (sulfide) groups is 1. The molecule has 1 aliphatic rings. The van der Waals surface area contributed by atoms with Crippen LogP contribution in [0.2, 0.25) is 0 Å². The first kappa shape index (κ1) is 20.5. The van der Waals surface area contributed by atoms with Gasteiger partial charge < -0.3 is 9.64 Å². The molecule has 1 aromatic heterocycles. The number of fused-ring (bicyclic) bond motifs is 1. The Hall–Kier alpha value is -2.73. The quantitative estimate of drug-likeness (QED) is 0.383. The second kappa shape index (κ2) is 8.96. The van der Waals surface area contributed by atoms with Crippen molar-refractivity contribution in [2.45, 2.75) is 37.1 Å². The summed E-state index contributed by atoms with van der Waals surface area (Å²) in [7, 11) is 1.66. The van der Waals surface area contributed by atoms with E-state index < -0.39 is 0 Å². The number of hydrogen-bond acceptors (Lipinski definition) is 4. The summed E-state index contributed by atoms with van der Waals surface area (Å²) in [5.74, 6) is 0.833. The van der Waals surface area contributed by atoms with Crippen LogP contribution in [0.5, 0.6) is 5.75 Å². The van der Waals surface area contributed by atoms with Crippen LogP contribution in [0.1, 0.15) is 53.8 Å². The molecule has 4 rings (SSSR count). The molecule has 2 aromatic carbocycles. The van der Waals surface area contributed by atoms with E-state index in [9.17, 15) is 4.79 Å². The highest BCUT2D eigenvalue weighted by Crippen LogP contribution is 2.43. The lowest BCUT2D eigenvalue weighted by Gasteiger charge is -2.26. The van der Waals surface area contributed by atoms with Gasteiger partial charge in [0.15, 0.2) is 0 Å². The monoisotopic (exact) mass is 421 g/mol. The minimum atomic E-state index is -0.129. The van der Waals surface area contributed by atoms with Crippen molar-refractivity contribution in [1.29, 1.82) is 0 Å². The molecule has 6 heteroatoms. The zero-order valence-electron chi connectivity index (χ0n) is 17.6. The molecule has 0 radical (unpaired) electrons. The van der Waals surface area contributed by atoms with Gasteiger partial charge in [0.1, 0.15) is 11.4 Å². The van der Waals surface area contributed by atoms with Crippen molar-refractivity contribution < 1.29 is 9.53 Å². The second-order valence-corrected chi connectivity index (χ2v) is 8.35. The van der Waals surface area contributed by atoms with E-state index in [1.54, 1.807) is 18.9 Å². The van der Waals surface area contributed by atoms with E-state index in [0.717, 1.165) is 53.9 Å². The summed E-state index contributed by atoms with van der Waals surface area (Å²) >= 11 is 1.72. The van der Waals surface area contributed by atoms with Gasteiger partial charge in [-0.3, -0.25) is 9.89 Å². The molecule has 5 nitrogen and oxygen atoms in total. The summed E-state index contributed by atoms with van der Waals surface area (Å²) in [6, 6.07) is 16.2. The Labute approximate surface area is 181 Å². The average Bonchev–Trinajstić information content (AvgIpc) is 3.33. The largest absolute Gasteiger partial charge is 0.497 e. The molecular formula is C24H27N3O2S. The van der Waals surface area contributed by atoms with Gasteiger partial charge in [-0.05, 0) is 54.6 Å². The van der Waals surface area contributed by atoms with Crippen LogP contribution in [0.3, 0.4) is 0 Å². The van der Waals surface area contributed by atoms with Crippen LogP contribution in [0.4, 0.5) is 0 Å². The van der Waals surface area contributed by atoms with Gasteiger partial charge in [0, 0.05) is 22.6 Å². The van der Waals surface area contributed by atoms with Crippen molar-refractivity contribution in [3.63, 3.8) is 0 Å². The lowest BCUT2D eigenvalue weighted by Crippen LogP contribution is -2.30. The van der Waals surface area contributed by atoms with Gasteiger partial charge in [-0.25, -0.2) is 0 Å². The second-order valence-electron chi connectivity index (χ2n) is 7.47. The number of aromatic amines is 1. The first-order valence-electron chi connectivity index (χ1n) is 10.4. The fourth-order valence-electron chi connectivity index (χ4n) is 4.06. The van der Waals surface area contributed by atoms with Gasteiger partial charge in [-0.2, -0.15) is 5.10 Å². The number of amides is 1. The smallest absolute Gasteiger partial charge is 0.273 e. The number of nitrogens with zero attached hydrogens (tertiary/aromatic N) is 2. The summed E-state index contributed by atoms with van der Waals surface area (Å²) in [5.41, 5.74) is 4.50. The van der Waals surface area contributed by atoms with Crippen LogP contribution in [0.15, 0.2) is 53.4 Å². The molecule has 0 saturated heterocycles. The van der Waals surface area contributed by atoms with Crippen LogP contribution in [0.25, 0.3) is 11.3 Å². The maximum Gasteiger partial charge on any atom is 0.273 e. The number of carbonyl (C=O) groups excluding carboxylic acids is 1. The number of nitrogens with one attached hydrogen (secondary N) is 1. The topological polar surface area (TPSA) is 58.2 Å². The molecule has 0 aliphatic carbocycles. The minimum absolute atomic E-state index is 0.0345. The van der Waals surface area contributed by atoms with Crippen LogP contribution < -0.4 is 4.74 Å². The van der Waals surface area contributed by atoms with E-state index in [0.29, 0.717) is 5.69 Å². The third kappa shape index (κ3) is 3.72. The van der Waals surface area contributed by atoms with E-state index in [2.05, 4.69) is 47.6 Å². The lowest BCUT2D eigenvalue weighted by atomic mass is 9.96. The summed E-state index contributed by atoms with van der Waals surface area (Å²) in [5, 5.41) is 7.57. The molecule has 3 aromatic rings. The standard InChI is InChI=1S/C24H27N3O2S/c1-4-5-6-15-27-23(17-9-13-19(30-3)14-10-17)20-21(25-26-22(20)24(27)28)16-7-11-18(29-2)12-8-16/h7-14,23H,4-6,15H2,1-3H3,(H,25,26). The van der Waals surface area contributed by atoms with Gasteiger partial charge in [-0.15, -0.1) is 11.8 Å². The van der Waals surface area contributed by atoms with Crippen molar-refractivity contribution in [2.24, 2.45) is 0 Å². The molecular weight excluding hydrogens is 394 g/mol. The molecule has 0 fully saturated rings. The molecule has 30 heavy (non-hydrogen) atoms. The van der Waals surface area contributed by atoms with Gasteiger partial charge in [0.25, 0.3) is 5.91 Å². The maximum absolute atomic E-state index is 13.3. The molecule has 156 valence electrons. The molecule has 0 saturated carbocycles. The van der Waals surface area contributed by atoms with E-state index in [1.165, 1.54) is 4.90 Å². The van der Waals surface area contributed by atoms with Crippen molar-refractivity contribution in [1.82, 2.24) is 15.1 Å². The van der Waals surface area contributed by atoms with Crippen molar-refractivity contribution >= 4 is 17.7 Å². The van der Waals surface area contributed by atoms with E-state index in [4.69, 9.17) is 4.74 Å². The zero-order chi connectivity index (χ0) is 21.1. The highest BCUT2D eigenvalue weighted by Gasteiger charge is 2.41. The highest BCUT2D eigenvalue weighted by molar-refractivity contribution is 7.98. The number of rotatable bonds is 8. The minimum Gasteiger partial charge on any atom is -0.497 e. The molecule has 1 unspecified atom stereocenters. The number of ether oxygens (including phenoxy) is 1. The van der Waals surface area contributed by atoms with Gasteiger partial charge >= 0.3 is 0 Å². The number of unbranched alkanes of at least 4 members (excludes halogenated alkanes) is 2. The molecule has 1 atom stereocenters. The number of carbonyl (C=O) groups is 1. The highest BCUT2D eigenvalue weighted by atomic mass is 32.2. The fraction of sp³-hybridized carbons (Fsp3) is 0.333. The molecule has 2 heterocycles. The Kier molecular flexibility index (Phi) is 6.13. The number of methoxy groups -OCH3 is 1. The Morgan fingerprint density at radius 1 is 1.10 bits per heavy atom. The maximum atomic E-state index is 13.3. The number of hydrogen-bond donors (Lipinski definition) is 1. The Bertz CT molecular complexity index is 1010. The van der Waals surface area contributed by atoms with Crippen LogP contribution >= 0.6 is 11.8 Å². The molecule has 0 bridgehead atoms.